The van der Waals surface area contributed by atoms with Gasteiger partial charge in [0.15, 0.2) is 0 Å². The fraction of sp³-hybridized carbons (Fsp3) is 0.556. The van der Waals surface area contributed by atoms with E-state index < -0.39 is 0 Å². The number of aliphatic hydroxyl groups is 1. The van der Waals surface area contributed by atoms with Crippen molar-refractivity contribution in [1.82, 2.24) is 0 Å². The van der Waals surface area contributed by atoms with E-state index in [4.69, 9.17) is 5.11 Å². The molecule has 0 aromatic carbocycles. The molecule has 0 fully saturated rings. The highest BCUT2D eigenvalue weighted by Crippen LogP contribution is 2.26. The Morgan fingerprint density at radius 1 is 1.33 bits per heavy atom. The zero-order valence-corrected chi connectivity index (χ0v) is 11.3. The molecule has 0 aliphatic carbocycles. The van der Waals surface area contributed by atoms with Crippen molar-refractivity contribution >= 4 is 45.2 Å². The number of hydrogen-bond donors (Lipinski definition) is 1. The Morgan fingerprint density at radius 3 is 2.42 bits per heavy atom. The summed E-state index contributed by atoms with van der Waals surface area (Å²) in [6.07, 6.45) is 5.99. The first-order valence-corrected chi connectivity index (χ1v) is 6.13. The quantitative estimate of drug-likeness (QED) is 0.414. The third kappa shape index (κ3) is 6.42. The van der Waals surface area contributed by atoms with Crippen LogP contribution < -0.4 is 0 Å². The zero-order chi connectivity index (χ0) is 9.40. The van der Waals surface area contributed by atoms with Crippen molar-refractivity contribution in [1.29, 1.82) is 0 Å². The van der Waals surface area contributed by atoms with E-state index in [0.717, 1.165) is 25.7 Å². The van der Waals surface area contributed by atoms with Crippen molar-refractivity contribution in [2.24, 2.45) is 0 Å². The van der Waals surface area contributed by atoms with Crippen LogP contribution in [0.5, 0.6) is 0 Å². The molecule has 0 saturated heterocycles. The van der Waals surface area contributed by atoms with Crippen LogP contribution in [0.2, 0.25) is 0 Å². The molecule has 0 unspecified atom stereocenters. The Kier molecular flexibility index (Phi) is 9.13. The van der Waals surface area contributed by atoms with Gasteiger partial charge >= 0.3 is 0 Å². The minimum absolute atomic E-state index is 0.305. The summed E-state index contributed by atoms with van der Waals surface area (Å²) in [4.78, 5) is 0. The van der Waals surface area contributed by atoms with Gasteiger partial charge in [-0.2, -0.15) is 0 Å². The second-order valence-electron chi connectivity index (χ2n) is 2.54. The highest BCUT2D eigenvalue weighted by atomic mass is 127. The van der Waals surface area contributed by atoms with Gasteiger partial charge in [-0.25, -0.2) is 0 Å². The van der Waals surface area contributed by atoms with Gasteiger partial charge in [0.1, 0.15) is 0 Å². The van der Waals surface area contributed by atoms with Crippen LogP contribution in [-0.2, 0) is 0 Å². The molecule has 0 saturated carbocycles. The van der Waals surface area contributed by atoms with Gasteiger partial charge in [-0.1, -0.05) is 6.08 Å². The minimum atomic E-state index is 0.305. The van der Waals surface area contributed by atoms with E-state index in [9.17, 15) is 0 Å². The van der Waals surface area contributed by atoms with Crippen molar-refractivity contribution in [3.05, 3.63) is 19.8 Å². The molecule has 0 bridgehead atoms. The van der Waals surface area contributed by atoms with Gasteiger partial charge in [0.25, 0.3) is 0 Å². The number of hydrogen-bond acceptors (Lipinski definition) is 1. The lowest BCUT2D eigenvalue weighted by molar-refractivity contribution is 0.284. The summed E-state index contributed by atoms with van der Waals surface area (Å²) in [5, 5.41) is 8.61. The second-order valence-corrected chi connectivity index (χ2v) is 6.76. The van der Waals surface area contributed by atoms with Gasteiger partial charge in [-0.15, -0.1) is 6.58 Å². The van der Waals surface area contributed by atoms with Gasteiger partial charge in [0, 0.05) is 6.61 Å². The van der Waals surface area contributed by atoms with E-state index in [0.29, 0.717) is 6.61 Å². The maximum Gasteiger partial charge on any atom is 0.0509 e. The standard InChI is InChI=1S/C9H14I2O/c1-2-5-8(9(10)11)6-3-4-7-12/h2,12H,1,3-7H2. The third-order valence-electron chi connectivity index (χ3n) is 1.54. The predicted molar refractivity (Wildman–Crippen MR) is 70.8 cm³/mol. The summed E-state index contributed by atoms with van der Waals surface area (Å²) in [6, 6.07) is 0. The maximum absolute atomic E-state index is 8.61. The maximum atomic E-state index is 8.61. The summed E-state index contributed by atoms with van der Waals surface area (Å²) < 4.78 is 1.34. The fourth-order valence-corrected chi connectivity index (χ4v) is 1.88. The van der Waals surface area contributed by atoms with Crippen molar-refractivity contribution in [2.75, 3.05) is 6.61 Å². The molecule has 0 radical (unpaired) electrons. The van der Waals surface area contributed by atoms with Gasteiger partial charge in [-0.3, -0.25) is 0 Å². The number of halogens is 2. The van der Waals surface area contributed by atoms with Gasteiger partial charge in [-0.05, 0) is 76.4 Å². The Labute approximate surface area is 102 Å². The molecule has 0 spiro atoms. The summed E-state index contributed by atoms with van der Waals surface area (Å²) in [6.45, 7) is 4.03. The lowest BCUT2D eigenvalue weighted by Crippen LogP contribution is -1.87. The van der Waals surface area contributed by atoms with Crippen LogP contribution in [0, 0.1) is 0 Å². The Balaban J connectivity index is 3.81. The summed E-state index contributed by atoms with van der Waals surface area (Å²) in [5.74, 6) is 0. The highest BCUT2D eigenvalue weighted by molar-refractivity contribution is 14.2. The van der Waals surface area contributed by atoms with Crippen molar-refractivity contribution in [3.63, 3.8) is 0 Å². The average Bonchev–Trinajstić information content (AvgIpc) is 2.03. The molecule has 0 aromatic rings. The van der Waals surface area contributed by atoms with Crippen LogP contribution in [0.3, 0.4) is 0 Å². The van der Waals surface area contributed by atoms with E-state index in [1.165, 1.54) is 7.16 Å². The molecule has 0 aliphatic rings. The molecule has 3 heteroatoms. The molecule has 1 nitrogen and oxygen atoms in total. The van der Waals surface area contributed by atoms with Crippen LogP contribution >= 0.6 is 45.2 Å². The molecule has 0 atom stereocenters. The van der Waals surface area contributed by atoms with Crippen molar-refractivity contribution in [2.45, 2.75) is 25.7 Å². The fourth-order valence-electron chi connectivity index (χ4n) is 0.898. The first-order chi connectivity index (χ1) is 5.72. The Hall–Kier alpha value is 0.900. The summed E-state index contributed by atoms with van der Waals surface area (Å²) in [7, 11) is 0. The molecule has 0 rings (SSSR count). The van der Waals surface area contributed by atoms with E-state index in [2.05, 4.69) is 51.8 Å². The SMILES string of the molecule is C=CCC(CCCCO)=C(I)I. The lowest BCUT2D eigenvalue weighted by Gasteiger charge is -2.04. The molecule has 70 valence electrons. The molecular weight excluding hydrogens is 378 g/mol. The smallest absolute Gasteiger partial charge is 0.0509 e. The number of aliphatic hydroxyl groups excluding tert-OH is 1. The number of allylic oxidation sites excluding steroid dienone is 2. The zero-order valence-electron chi connectivity index (χ0n) is 7.02. The van der Waals surface area contributed by atoms with Gasteiger partial charge in [0.2, 0.25) is 0 Å². The molecular formula is C9H14I2O. The van der Waals surface area contributed by atoms with Crippen LogP contribution in [0.15, 0.2) is 19.8 Å². The Bertz CT molecular complexity index is 160. The largest absolute Gasteiger partial charge is 0.396 e. The summed E-state index contributed by atoms with van der Waals surface area (Å²) in [5.41, 5.74) is 1.44. The van der Waals surface area contributed by atoms with Crippen molar-refractivity contribution < 1.29 is 5.11 Å². The van der Waals surface area contributed by atoms with Crippen LogP contribution in [-0.4, -0.2) is 11.7 Å². The average molecular weight is 392 g/mol. The van der Waals surface area contributed by atoms with E-state index in [-0.39, 0.29) is 0 Å². The van der Waals surface area contributed by atoms with E-state index >= 15 is 0 Å². The molecule has 0 heterocycles. The van der Waals surface area contributed by atoms with Crippen LogP contribution in [0.25, 0.3) is 0 Å². The molecule has 1 N–H and O–H groups in total. The van der Waals surface area contributed by atoms with Crippen molar-refractivity contribution in [3.8, 4) is 0 Å². The predicted octanol–water partition coefficient (Wildman–Crippen LogP) is 3.81. The minimum Gasteiger partial charge on any atom is -0.396 e. The topological polar surface area (TPSA) is 20.2 Å². The number of rotatable bonds is 6. The lowest BCUT2D eigenvalue weighted by atomic mass is 10.1. The van der Waals surface area contributed by atoms with Crippen LogP contribution in [0.1, 0.15) is 25.7 Å². The first-order valence-electron chi connectivity index (χ1n) is 3.97. The molecule has 0 aromatic heterocycles. The second kappa shape index (κ2) is 8.50. The van der Waals surface area contributed by atoms with E-state index in [1.807, 2.05) is 6.08 Å². The monoisotopic (exact) mass is 392 g/mol. The third-order valence-corrected chi connectivity index (χ3v) is 3.07. The van der Waals surface area contributed by atoms with Gasteiger partial charge in [0.05, 0.1) is 1.59 Å². The number of unbranched alkanes of at least 4 members (excludes halogenated alkanes) is 1. The molecule has 0 amide bonds. The van der Waals surface area contributed by atoms with E-state index in [1.54, 1.807) is 0 Å². The summed E-state index contributed by atoms with van der Waals surface area (Å²) >= 11 is 4.67. The van der Waals surface area contributed by atoms with Gasteiger partial charge < -0.3 is 5.11 Å². The van der Waals surface area contributed by atoms with Crippen LogP contribution in [0.4, 0.5) is 0 Å². The first kappa shape index (κ1) is 12.9. The Morgan fingerprint density at radius 2 is 2.00 bits per heavy atom. The normalized spacial score (nSPS) is 9.58. The molecule has 12 heavy (non-hydrogen) atoms. The molecule has 0 aliphatic heterocycles. The highest BCUT2D eigenvalue weighted by Gasteiger charge is 1.99.